The molecule has 3 rings (SSSR count). The predicted octanol–water partition coefficient (Wildman–Crippen LogP) is 4.15. The average Bonchev–Trinajstić information content (AvgIpc) is 2.67. The molecule has 0 aliphatic rings. The number of carboxylic acids is 1. The van der Waals surface area contributed by atoms with Gasteiger partial charge < -0.3 is 15.2 Å². The van der Waals surface area contributed by atoms with E-state index in [9.17, 15) is 9.59 Å². The third kappa shape index (κ3) is 6.19. The Labute approximate surface area is 188 Å². The molecular weight excluding hydrogens is 443 g/mol. The Balaban J connectivity index is 1.98. The number of aliphatic carboxylic acids is 1. The number of ether oxygens (including phenoxy) is 1. The third-order valence-corrected chi connectivity index (χ3v) is 4.61. The van der Waals surface area contributed by atoms with Crippen LogP contribution in [0.5, 0.6) is 5.75 Å². The molecule has 0 saturated heterocycles. The lowest BCUT2D eigenvalue weighted by atomic mass is 10.2. The molecule has 0 radical (unpaired) electrons. The number of nitrogens with zero attached hydrogens (tertiary/aromatic N) is 3. The summed E-state index contributed by atoms with van der Waals surface area (Å²) >= 11 is 12.2. The number of benzene rings is 2. The Bertz CT molecular complexity index is 1150. The van der Waals surface area contributed by atoms with Crippen molar-refractivity contribution in [2.45, 2.75) is 32.9 Å². The van der Waals surface area contributed by atoms with E-state index in [-0.39, 0.29) is 24.4 Å². The molecule has 0 spiro atoms. The van der Waals surface area contributed by atoms with Gasteiger partial charge in [-0.25, -0.2) is 4.79 Å². The smallest absolute Gasteiger partial charge is 0.352 e. The number of rotatable bonds is 8. The molecule has 0 atom stereocenters. The second-order valence-electron chi connectivity index (χ2n) is 6.97. The fraction of sp³-hybridized carbons (Fsp3) is 0.238. The van der Waals surface area contributed by atoms with Gasteiger partial charge in [0, 0.05) is 10.7 Å². The monoisotopic (exact) mass is 462 g/mol. The summed E-state index contributed by atoms with van der Waals surface area (Å²) in [5.41, 5.74) is 0.711. The number of anilines is 2. The van der Waals surface area contributed by atoms with Gasteiger partial charge in [0.2, 0.25) is 5.95 Å². The first kappa shape index (κ1) is 22.6. The lowest BCUT2D eigenvalue weighted by Crippen LogP contribution is -2.29. The van der Waals surface area contributed by atoms with Gasteiger partial charge >= 0.3 is 11.7 Å². The molecular formula is C21H20Cl2N4O4. The quantitative estimate of drug-likeness (QED) is 0.517. The lowest BCUT2D eigenvalue weighted by Gasteiger charge is -2.16. The molecule has 2 N–H and O–H groups in total. The minimum atomic E-state index is -1.14. The Morgan fingerprint density at radius 2 is 1.87 bits per heavy atom. The highest BCUT2D eigenvalue weighted by Crippen LogP contribution is 2.29. The van der Waals surface area contributed by atoms with Crippen molar-refractivity contribution in [3.05, 3.63) is 74.4 Å². The zero-order valence-electron chi connectivity index (χ0n) is 16.8. The molecule has 3 aromatic rings. The maximum Gasteiger partial charge on any atom is 0.352 e. The highest BCUT2D eigenvalue weighted by Gasteiger charge is 2.14. The third-order valence-electron chi connectivity index (χ3n) is 4.06. The van der Waals surface area contributed by atoms with Crippen LogP contribution < -0.4 is 15.7 Å². The van der Waals surface area contributed by atoms with Crippen LogP contribution in [0.1, 0.15) is 25.2 Å². The van der Waals surface area contributed by atoms with Crippen LogP contribution in [0.15, 0.2) is 47.3 Å². The van der Waals surface area contributed by atoms with E-state index < -0.39 is 18.1 Å². The normalized spacial score (nSPS) is 10.9. The Morgan fingerprint density at radius 1 is 1.16 bits per heavy atom. The van der Waals surface area contributed by atoms with Crippen LogP contribution >= 0.6 is 23.2 Å². The number of aromatic nitrogens is 3. The molecule has 1 heterocycles. The fourth-order valence-corrected chi connectivity index (χ4v) is 3.10. The summed E-state index contributed by atoms with van der Waals surface area (Å²) in [5, 5.41) is 13.0. The summed E-state index contributed by atoms with van der Waals surface area (Å²) in [7, 11) is 0. The number of halogens is 2. The first-order valence-corrected chi connectivity index (χ1v) is 10.1. The minimum Gasteiger partial charge on any atom is -0.489 e. The van der Waals surface area contributed by atoms with Crippen LogP contribution in [0, 0.1) is 0 Å². The Kier molecular flexibility index (Phi) is 7.14. The van der Waals surface area contributed by atoms with Gasteiger partial charge in [-0.1, -0.05) is 35.3 Å². The topological polar surface area (TPSA) is 106 Å². The van der Waals surface area contributed by atoms with E-state index in [2.05, 4.69) is 15.3 Å². The molecule has 1 aromatic heterocycles. The van der Waals surface area contributed by atoms with Crippen molar-refractivity contribution in [3.8, 4) is 5.75 Å². The number of carboxylic acid groups (broad SMARTS) is 1. The van der Waals surface area contributed by atoms with Crippen LogP contribution in [-0.4, -0.2) is 31.7 Å². The van der Waals surface area contributed by atoms with Crippen molar-refractivity contribution < 1.29 is 14.6 Å². The van der Waals surface area contributed by atoms with Gasteiger partial charge in [0.15, 0.2) is 0 Å². The standard InChI is InChI=1S/C21H20Cl2N4O4/c1-12(2)31-17-8-7-15(9-16(17)23)24-20-25-18(10-19(28)29)26-21(30)27(20)11-13-3-5-14(22)6-4-13/h3-9,12H,10-11H2,1-2H3,(H,28,29)(H,24,25,26,30). The molecule has 0 unspecified atom stereocenters. The largest absolute Gasteiger partial charge is 0.489 e. The van der Waals surface area contributed by atoms with E-state index >= 15 is 0 Å². The van der Waals surface area contributed by atoms with Gasteiger partial charge in [-0.3, -0.25) is 9.36 Å². The number of hydrogen-bond donors (Lipinski definition) is 2. The molecule has 0 aliphatic heterocycles. The Hall–Kier alpha value is -3.10. The average molecular weight is 463 g/mol. The van der Waals surface area contributed by atoms with Crippen molar-refractivity contribution >= 4 is 40.8 Å². The van der Waals surface area contributed by atoms with Crippen LogP contribution in [-0.2, 0) is 17.8 Å². The molecule has 2 aromatic carbocycles. The first-order chi connectivity index (χ1) is 14.7. The maximum absolute atomic E-state index is 12.7. The van der Waals surface area contributed by atoms with E-state index in [1.54, 1.807) is 42.5 Å². The summed E-state index contributed by atoms with van der Waals surface area (Å²) in [6.07, 6.45) is -0.519. The van der Waals surface area contributed by atoms with Crippen molar-refractivity contribution in [1.82, 2.24) is 14.5 Å². The summed E-state index contributed by atoms with van der Waals surface area (Å²) in [6, 6.07) is 12.0. The fourth-order valence-electron chi connectivity index (χ4n) is 2.75. The van der Waals surface area contributed by atoms with Crippen LogP contribution in [0.3, 0.4) is 0 Å². The molecule has 0 amide bonds. The number of carbonyl (C=O) groups is 1. The van der Waals surface area contributed by atoms with Crippen molar-refractivity contribution in [3.63, 3.8) is 0 Å². The van der Waals surface area contributed by atoms with Crippen molar-refractivity contribution in [2.75, 3.05) is 5.32 Å². The SMILES string of the molecule is CC(C)Oc1ccc(Nc2nc(CC(=O)O)nc(=O)n2Cc2ccc(Cl)cc2)cc1Cl. The summed E-state index contributed by atoms with van der Waals surface area (Å²) in [4.78, 5) is 31.8. The minimum absolute atomic E-state index is 0.0405. The molecule has 8 nitrogen and oxygen atoms in total. The molecule has 31 heavy (non-hydrogen) atoms. The van der Waals surface area contributed by atoms with Gasteiger partial charge in [0.05, 0.1) is 17.7 Å². The van der Waals surface area contributed by atoms with Gasteiger partial charge in [-0.2, -0.15) is 9.97 Å². The summed E-state index contributed by atoms with van der Waals surface area (Å²) in [6.45, 7) is 3.94. The second-order valence-corrected chi connectivity index (χ2v) is 7.81. The van der Waals surface area contributed by atoms with E-state index in [4.69, 9.17) is 33.0 Å². The predicted molar refractivity (Wildman–Crippen MR) is 119 cm³/mol. The molecule has 0 aliphatic carbocycles. The zero-order valence-corrected chi connectivity index (χ0v) is 18.3. The van der Waals surface area contributed by atoms with Crippen molar-refractivity contribution in [2.24, 2.45) is 0 Å². The molecule has 0 fully saturated rings. The maximum atomic E-state index is 12.7. The van der Waals surface area contributed by atoms with Crippen LogP contribution in [0.4, 0.5) is 11.6 Å². The van der Waals surface area contributed by atoms with Gasteiger partial charge in [-0.15, -0.1) is 0 Å². The summed E-state index contributed by atoms with van der Waals surface area (Å²) < 4.78 is 6.93. The van der Waals surface area contributed by atoms with Gasteiger partial charge in [0.1, 0.15) is 18.0 Å². The number of nitrogens with one attached hydrogen (secondary N) is 1. The van der Waals surface area contributed by atoms with E-state index in [0.717, 1.165) is 5.56 Å². The first-order valence-electron chi connectivity index (χ1n) is 9.38. The Morgan fingerprint density at radius 3 is 2.48 bits per heavy atom. The molecule has 10 heteroatoms. The van der Waals surface area contributed by atoms with E-state index in [1.165, 1.54) is 4.57 Å². The van der Waals surface area contributed by atoms with E-state index in [0.29, 0.717) is 21.5 Å². The second kappa shape index (κ2) is 9.80. The summed E-state index contributed by atoms with van der Waals surface area (Å²) in [5.74, 6) is -0.577. The van der Waals surface area contributed by atoms with Crippen LogP contribution in [0.2, 0.25) is 10.0 Å². The van der Waals surface area contributed by atoms with Gasteiger partial charge in [-0.05, 0) is 49.7 Å². The van der Waals surface area contributed by atoms with Crippen LogP contribution in [0.25, 0.3) is 0 Å². The highest BCUT2D eigenvalue weighted by atomic mass is 35.5. The number of hydrogen-bond acceptors (Lipinski definition) is 6. The zero-order chi connectivity index (χ0) is 22.5. The van der Waals surface area contributed by atoms with Gasteiger partial charge in [0.25, 0.3) is 0 Å². The molecule has 0 bridgehead atoms. The van der Waals surface area contributed by atoms with Crippen molar-refractivity contribution in [1.29, 1.82) is 0 Å². The van der Waals surface area contributed by atoms with E-state index in [1.807, 2.05) is 13.8 Å². The highest BCUT2D eigenvalue weighted by molar-refractivity contribution is 6.32. The molecule has 162 valence electrons. The molecule has 0 saturated carbocycles. The lowest BCUT2D eigenvalue weighted by molar-refractivity contribution is -0.136.